The molecule has 0 aliphatic heterocycles. The van der Waals surface area contributed by atoms with Crippen LogP contribution in [0.1, 0.15) is 18.9 Å². The van der Waals surface area contributed by atoms with Crippen LogP contribution in [0.3, 0.4) is 0 Å². The summed E-state index contributed by atoms with van der Waals surface area (Å²) < 4.78 is 4.67. The van der Waals surface area contributed by atoms with Gasteiger partial charge in [-0.1, -0.05) is 42.5 Å². The number of benzene rings is 1. The molecule has 1 rings (SSSR count). The van der Waals surface area contributed by atoms with Gasteiger partial charge < -0.3 is 4.74 Å². The van der Waals surface area contributed by atoms with E-state index in [1.807, 2.05) is 25.1 Å². The van der Waals surface area contributed by atoms with Gasteiger partial charge in [0.2, 0.25) is 0 Å². The van der Waals surface area contributed by atoms with Gasteiger partial charge in [0.15, 0.2) is 0 Å². The molecular weight excluding hydrogens is 226 g/mol. The van der Waals surface area contributed by atoms with E-state index in [1.165, 1.54) is 12.7 Å². The molecule has 18 heavy (non-hydrogen) atoms. The lowest BCUT2D eigenvalue weighted by molar-refractivity contribution is -0.141. The number of nitrogens with zero attached hydrogens (tertiary/aromatic N) is 1. The Balaban J connectivity index is 2.55. The normalized spacial score (nSPS) is 10.4. The van der Waals surface area contributed by atoms with Gasteiger partial charge in [-0.15, -0.1) is 0 Å². The molecule has 0 amide bonds. The summed E-state index contributed by atoms with van der Waals surface area (Å²) in [4.78, 5) is 13.4. The molecule has 0 fully saturated rings. The quantitative estimate of drug-likeness (QED) is 0.548. The summed E-state index contributed by atoms with van der Waals surface area (Å²) in [6.07, 6.45) is 0.413. The van der Waals surface area contributed by atoms with E-state index in [0.29, 0.717) is 13.0 Å². The molecule has 3 heteroatoms. The summed E-state index contributed by atoms with van der Waals surface area (Å²) in [5.41, 5.74) is 2.33. The van der Waals surface area contributed by atoms with Crippen LogP contribution in [0, 0.1) is 0 Å². The molecule has 0 aromatic heterocycles. The van der Waals surface area contributed by atoms with Crippen molar-refractivity contribution in [3.63, 3.8) is 0 Å². The van der Waals surface area contributed by atoms with Crippen LogP contribution in [0.25, 0.3) is 0 Å². The van der Waals surface area contributed by atoms with Crippen molar-refractivity contribution < 1.29 is 9.53 Å². The van der Waals surface area contributed by atoms with Gasteiger partial charge in [0.1, 0.15) is 0 Å². The predicted molar refractivity (Wildman–Crippen MR) is 73.2 cm³/mol. The molecule has 0 saturated carbocycles. The highest BCUT2D eigenvalue weighted by Crippen LogP contribution is 2.07. The number of methoxy groups -OCH3 is 1. The van der Waals surface area contributed by atoms with Crippen molar-refractivity contribution in [1.29, 1.82) is 0 Å². The number of rotatable bonds is 7. The first kappa shape index (κ1) is 14.5. The summed E-state index contributed by atoms with van der Waals surface area (Å²) in [7, 11) is 1.42. The monoisotopic (exact) mass is 247 g/mol. The predicted octanol–water partition coefficient (Wildman–Crippen LogP) is 2.63. The Morgan fingerprint density at radius 2 is 2.00 bits per heavy atom. The zero-order chi connectivity index (χ0) is 13.4. The van der Waals surface area contributed by atoms with Gasteiger partial charge in [-0.25, -0.2) is 0 Å². The van der Waals surface area contributed by atoms with Crippen LogP contribution in [-0.4, -0.2) is 31.1 Å². The van der Waals surface area contributed by atoms with Crippen LogP contribution in [0.15, 0.2) is 42.5 Å². The van der Waals surface area contributed by atoms with E-state index in [2.05, 4.69) is 28.3 Å². The van der Waals surface area contributed by atoms with Gasteiger partial charge in [-0.3, -0.25) is 9.69 Å². The van der Waals surface area contributed by atoms with E-state index < -0.39 is 0 Å². The van der Waals surface area contributed by atoms with E-state index in [0.717, 1.165) is 18.7 Å². The van der Waals surface area contributed by atoms with E-state index in [4.69, 9.17) is 0 Å². The highest BCUT2D eigenvalue weighted by molar-refractivity contribution is 5.69. The minimum absolute atomic E-state index is 0.172. The number of esters is 1. The standard InChI is InChI=1S/C15H21NO2/c1-13(2)11-16(10-9-15(17)18-3)12-14-7-5-4-6-8-14/h4-8H,1,9-12H2,2-3H3. The van der Waals surface area contributed by atoms with Crippen molar-refractivity contribution in [3.05, 3.63) is 48.0 Å². The van der Waals surface area contributed by atoms with E-state index >= 15 is 0 Å². The number of hydrogen-bond donors (Lipinski definition) is 0. The second-order valence-electron chi connectivity index (χ2n) is 4.48. The first-order valence-corrected chi connectivity index (χ1v) is 6.09. The average Bonchev–Trinajstić information content (AvgIpc) is 2.36. The maximum Gasteiger partial charge on any atom is 0.306 e. The lowest BCUT2D eigenvalue weighted by Gasteiger charge is -2.22. The molecule has 3 nitrogen and oxygen atoms in total. The average molecular weight is 247 g/mol. The molecular formula is C15H21NO2. The molecule has 0 aliphatic rings. The van der Waals surface area contributed by atoms with E-state index in [-0.39, 0.29) is 5.97 Å². The molecule has 1 aromatic rings. The van der Waals surface area contributed by atoms with Crippen molar-refractivity contribution in [3.8, 4) is 0 Å². The highest BCUT2D eigenvalue weighted by Gasteiger charge is 2.09. The van der Waals surface area contributed by atoms with Crippen molar-refractivity contribution in [2.24, 2.45) is 0 Å². The number of ether oxygens (including phenoxy) is 1. The zero-order valence-electron chi connectivity index (χ0n) is 11.2. The summed E-state index contributed by atoms with van der Waals surface area (Å²) >= 11 is 0. The highest BCUT2D eigenvalue weighted by atomic mass is 16.5. The Labute approximate surface area is 109 Å². The van der Waals surface area contributed by atoms with Crippen molar-refractivity contribution in [2.75, 3.05) is 20.2 Å². The van der Waals surface area contributed by atoms with Crippen LogP contribution in [0.4, 0.5) is 0 Å². The van der Waals surface area contributed by atoms with Gasteiger partial charge in [0, 0.05) is 19.6 Å². The fourth-order valence-corrected chi connectivity index (χ4v) is 1.79. The van der Waals surface area contributed by atoms with Crippen LogP contribution >= 0.6 is 0 Å². The second kappa shape index (κ2) is 7.67. The fourth-order valence-electron chi connectivity index (χ4n) is 1.79. The first-order chi connectivity index (χ1) is 8.61. The largest absolute Gasteiger partial charge is 0.469 e. The van der Waals surface area contributed by atoms with Gasteiger partial charge >= 0.3 is 5.97 Å². The van der Waals surface area contributed by atoms with Crippen LogP contribution in [0.2, 0.25) is 0 Å². The van der Waals surface area contributed by atoms with Gasteiger partial charge in [-0.2, -0.15) is 0 Å². The fraction of sp³-hybridized carbons (Fsp3) is 0.400. The van der Waals surface area contributed by atoms with E-state index in [9.17, 15) is 4.79 Å². The maximum atomic E-state index is 11.2. The summed E-state index contributed by atoms with van der Waals surface area (Å²) in [6, 6.07) is 10.2. The molecule has 98 valence electrons. The van der Waals surface area contributed by atoms with Gasteiger partial charge in [-0.05, 0) is 12.5 Å². The minimum atomic E-state index is -0.172. The summed E-state index contributed by atoms with van der Waals surface area (Å²) in [6.45, 7) is 8.23. The molecule has 0 atom stereocenters. The lowest BCUT2D eigenvalue weighted by Crippen LogP contribution is -2.27. The maximum absolute atomic E-state index is 11.2. The minimum Gasteiger partial charge on any atom is -0.469 e. The Morgan fingerprint density at radius 3 is 2.56 bits per heavy atom. The van der Waals surface area contributed by atoms with Crippen LogP contribution in [-0.2, 0) is 16.1 Å². The van der Waals surface area contributed by atoms with Crippen molar-refractivity contribution in [1.82, 2.24) is 4.90 Å². The third kappa shape index (κ3) is 5.64. The zero-order valence-corrected chi connectivity index (χ0v) is 11.2. The van der Waals surface area contributed by atoms with Crippen molar-refractivity contribution in [2.45, 2.75) is 19.9 Å². The van der Waals surface area contributed by atoms with Crippen molar-refractivity contribution >= 4 is 5.97 Å². The van der Waals surface area contributed by atoms with Gasteiger partial charge in [0.25, 0.3) is 0 Å². The molecule has 0 N–H and O–H groups in total. The Hall–Kier alpha value is -1.61. The lowest BCUT2D eigenvalue weighted by atomic mass is 10.2. The van der Waals surface area contributed by atoms with E-state index in [1.54, 1.807) is 0 Å². The van der Waals surface area contributed by atoms with Crippen LogP contribution < -0.4 is 0 Å². The third-order valence-electron chi connectivity index (χ3n) is 2.60. The topological polar surface area (TPSA) is 29.5 Å². The Morgan fingerprint density at radius 1 is 1.33 bits per heavy atom. The molecule has 0 heterocycles. The molecule has 1 aromatic carbocycles. The molecule has 0 radical (unpaired) electrons. The summed E-state index contributed by atoms with van der Waals surface area (Å²) in [5, 5.41) is 0. The third-order valence-corrected chi connectivity index (χ3v) is 2.60. The number of carbonyl (C=O) groups excluding carboxylic acids is 1. The number of hydrogen-bond acceptors (Lipinski definition) is 3. The molecule has 0 saturated heterocycles. The van der Waals surface area contributed by atoms with Crippen LogP contribution in [0.5, 0.6) is 0 Å². The molecule has 0 aliphatic carbocycles. The first-order valence-electron chi connectivity index (χ1n) is 6.09. The second-order valence-corrected chi connectivity index (χ2v) is 4.48. The SMILES string of the molecule is C=C(C)CN(CCC(=O)OC)Cc1ccccc1. The number of carbonyl (C=O) groups is 1. The summed E-state index contributed by atoms with van der Waals surface area (Å²) in [5.74, 6) is -0.172. The molecule has 0 unspecified atom stereocenters. The molecule has 0 bridgehead atoms. The Bertz CT molecular complexity index is 387. The van der Waals surface area contributed by atoms with Gasteiger partial charge in [0.05, 0.1) is 13.5 Å². The molecule has 0 spiro atoms. The smallest absolute Gasteiger partial charge is 0.306 e. The Kier molecular flexibility index (Phi) is 6.15.